The van der Waals surface area contributed by atoms with Crippen LogP contribution in [0.5, 0.6) is 0 Å². The van der Waals surface area contributed by atoms with Crippen LogP contribution in [0.2, 0.25) is 0 Å². The van der Waals surface area contributed by atoms with E-state index in [1.807, 2.05) is 0 Å². The maximum Gasteiger partial charge on any atom is 0 e. The maximum absolute atomic E-state index is 6.25. The van der Waals surface area contributed by atoms with Crippen LogP contribution < -0.4 is 0 Å². The van der Waals surface area contributed by atoms with Crippen molar-refractivity contribution in [1.29, 1.82) is 5.26 Å². The zero-order valence-electron chi connectivity index (χ0n) is 7.22. The summed E-state index contributed by atoms with van der Waals surface area (Å²) in [6.45, 7) is 24.2. The van der Waals surface area contributed by atoms with E-state index in [4.69, 9.17) is 11.8 Å². The average Bonchev–Trinajstić information content (AvgIpc) is 1.96. The molecule has 1 radical (unpaired) electrons. The van der Waals surface area contributed by atoms with E-state index in [1.165, 1.54) is 18.2 Å². The van der Waals surface area contributed by atoms with Crippen molar-refractivity contribution in [2.45, 2.75) is 0 Å². The van der Waals surface area contributed by atoms with Gasteiger partial charge in [0.1, 0.15) is 0 Å². The minimum Gasteiger partial charge on any atom is -0.512 e. The Morgan fingerprint density at radius 2 is 0.833 bits per heavy atom. The van der Waals surface area contributed by atoms with Crippen LogP contribution in [0.3, 0.4) is 0 Å². The Bertz CT molecular complexity index is 70.8. The second kappa shape index (κ2) is 195. The summed E-state index contributed by atoms with van der Waals surface area (Å²) < 4.78 is 0. The van der Waals surface area contributed by atoms with Crippen LogP contribution in [0.4, 0.5) is 0 Å². The fourth-order valence-electron chi connectivity index (χ4n) is 0. The Balaban J connectivity index is -0.0000000179. The number of hydrogen-bond donors (Lipinski definition) is 0. The van der Waals surface area contributed by atoms with Crippen LogP contribution >= 0.6 is 0 Å². The van der Waals surface area contributed by atoms with Gasteiger partial charge in [-0.2, -0.15) is 0 Å². The second-order valence-electron chi connectivity index (χ2n) is 0.866. The Hall–Kier alpha value is -0.940. The summed E-state index contributed by atoms with van der Waals surface area (Å²) in [7, 11) is 0. The largest absolute Gasteiger partial charge is 0.512 e. The molecule has 0 aromatic heterocycles. The van der Waals surface area contributed by atoms with Crippen molar-refractivity contribution in [1.82, 2.24) is 0 Å². The molecule has 0 fully saturated rings. The minimum absolute atomic E-state index is 0. The molecule has 2 heteroatoms. The molecular weight excluding hydrogens is 331 g/mol. The molecule has 0 spiro atoms. The predicted molar refractivity (Wildman–Crippen MR) is 51.6 cm³/mol. The molecule has 0 aliphatic heterocycles. The van der Waals surface area contributed by atoms with Gasteiger partial charge in [0.25, 0.3) is 0 Å². The number of allylic oxidation sites excluding steroid dienone is 3. The van der Waals surface area contributed by atoms with E-state index in [0.29, 0.717) is 0 Å². The van der Waals surface area contributed by atoms with E-state index in [1.54, 1.807) is 0 Å². The van der Waals surface area contributed by atoms with Crippen molar-refractivity contribution < 1.29 is 22.4 Å². The van der Waals surface area contributed by atoms with Gasteiger partial charge in [-0.05, 0) is 0 Å². The first kappa shape index (κ1) is 30.5. The average molecular weight is 346 g/mol. The van der Waals surface area contributed by atoms with Crippen molar-refractivity contribution in [3.05, 3.63) is 65.3 Å². The van der Waals surface area contributed by atoms with Crippen LogP contribution in [0.1, 0.15) is 0 Å². The first-order valence-corrected chi connectivity index (χ1v) is 2.67. The summed E-state index contributed by atoms with van der Waals surface area (Å²) in [6, 6.07) is 0. The summed E-state index contributed by atoms with van der Waals surface area (Å²) in [4.78, 5) is 0. The third kappa shape index (κ3) is 667. The van der Waals surface area contributed by atoms with Crippen molar-refractivity contribution in [3.63, 3.8) is 0 Å². The first-order valence-electron chi connectivity index (χ1n) is 2.67. The molecule has 0 amide bonds. The normalized spacial score (nSPS) is 3.17. The van der Waals surface area contributed by atoms with Crippen molar-refractivity contribution in [2.24, 2.45) is 0 Å². The number of rotatable bonds is 0. The van der Waals surface area contributed by atoms with Crippen LogP contribution in [0.15, 0.2) is 38.0 Å². The van der Waals surface area contributed by atoms with Crippen molar-refractivity contribution >= 4 is 0 Å². The van der Waals surface area contributed by atoms with Gasteiger partial charge >= 0.3 is 0 Å². The van der Waals surface area contributed by atoms with Gasteiger partial charge in [-0.15, -0.1) is 0 Å². The molecule has 0 rings (SSSR count). The minimum atomic E-state index is 0. The molecule has 0 saturated heterocycles. The summed E-state index contributed by atoms with van der Waals surface area (Å²) in [6.07, 6.45) is 4.50. The molecule has 0 heterocycles. The topological polar surface area (TPSA) is 23.8 Å². The Morgan fingerprint density at radius 3 is 0.833 bits per heavy atom. The quantitative estimate of drug-likeness (QED) is 0.488. The molecule has 0 atom stereocenters. The Kier molecular flexibility index (Phi) is 494. The Morgan fingerprint density at radius 1 is 0.833 bits per heavy atom. The molecule has 75 valence electrons. The molecule has 0 aliphatic rings. The van der Waals surface area contributed by atoms with Crippen molar-refractivity contribution in [2.75, 3.05) is 0 Å². The van der Waals surface area contributed by atoms with Crippen LogP contribution in [-0.2, 0) is 22.4 Å². The van der Waals surface area contributed by atoms with Gasteiger partial charge in [0.15, 0.2) is 0 Å². The molecule has 0 aromatic rings. The standard InChI is InChI=1S/3C3H5.CN.Au/c3*1-3-2;1-2;/h3*3H,1-2H2;;/q4*-1;. The zero-order chi connectivity index (χ0) is 10.1. The zero-order valence-corrected chi connectivity index (χ0v) is 9.39. The number of nitrogens with zero attached hydrogens (tertiary/aromatic N) is 1. The van der Waals surface area contributed by atoms with Crippen LogP contribution in [0.25, 0.3) is 0 Å². The van der Waals surface area contributed by atoms with E-state index in [2.05, 4.69) is 40.5 Å². The summed E-state index contributed by atoms with van der Waals surface area (Å²) in [5.74, 6) is 0. The fraction of sp³-hybridized carbons (Fsp3) is 0. The molecular formula is C10H15AuN-4. The molecule has 1 nitrogen and oxygen atoms in total. The molecule has 0 saturated carbocycles. The van der Waals surface area contributed by atoms with E-state index in [0.717, 1.165) is 0 Å². The van der Waals surface area contributed by atoms with Gasteiger partial charge in [-0.3, -0.25) is 0 Å². The summed E-state index contributed by atoms with van der Waals surface area (Å²) >= 11 is 0. The van der Waals surface area contributed by atoms with E-state index < -0.39 is 0 Å². The fourth-order valence-corrected chi connectivity index (χ4v) is 0. The van der Waals surface area contributed by atoms with Gasteiger partial charge in [0.05, 0.1) is 0 Å². The first-order chi connectivity index (χ1) is 5.24. The van der Waals surface area contributed by atoms with Gasteiger partial charge in [0, 0.05) is 22.4 Å². The molecule has 0 aromatic carbocycles. The predicted octanol–water partition coefficient (Wildman–Crippen LogP) is 3.11. The van der Waals surface area contributed by atoms with Gasteiger partial charge in [0.2, 0.25) is 0 Å². The van der Waals surface area contributed by atoms with Crippen molar-refractivity contribution in [3.8, 4) is 0 Å². The third-order valence-electron chi connectivity index (χ3n) is 0. The smallest absolute Gasteiger partial charge is 0 e. The molecule has 0 N–H and O–H groups in total. The van der Waals surface area contributed by atoms with Crippen LogP contribution in [0, 0.1) is 32.6 Å². The number of hydrogen-bond acceptors (Lipinski definition) is 1. The van der Waals surface area contributed by atoms with Gasteiger partial charge in [-0.25, -0.2) is 58.7 Å². The summed E-state index contributed by atoms with van der Waals surface area (Å²) in [5.41, 5.74) is 0. The Labute approximate surface area is 93.0 Å². The van der Waals surface area contributed by atoms with Gasteiger partial charge in [-0.1, -0.05) is 0 Å². The molecule has 0 bridgehead atoms. The second-order valence-corrected chi connectivity index (χ2v) is 0.866. The molecule has 12 heavy (non-hydrogen) atoms. The maximum atomic E-state index is 6.25. The van der Waals surface area contributed by atoms with E-state index in [-0.39, 0.29) is 22.4 Å². The summed E-state index contributed by atoms with van der Waals surface area (Å²) in [5, 5.41) is 6.25. The molecule has 0 unspecified atom stereocenters. The monoisotopic (exact) mass is 346 g/mol. The van der Waals surface area contributed by atoms with Crippen LogP contribution in [-0.4, -0.2) is 0 Å². The van der Waals surface area contributed by atoms with Gasteiger partial charge < -0.3 is 11.8 Å². The SMILES string of the molecule is C=C[CH2-].C=C[CH2-].C=C[CH2-].[Au].[C-]#N. The third-order valence-corrected chi connectivity index (χ3v) is 0. The molecule has 0 aliphatic carbocycles. The van der Waals surface area contributed by atoms with E-state index >= 15 is 0 Å². The van der Waals surface area contributed by atoms with E-state index in [9.17, 15) is 0 Å².